The van der Waals surface area contributed by atoms with Gasteiger partial charge in [0.05, 0.1) is 12.5 Å². The molecule has 0 radical (unpaired) electrons. The maximum Gasteiger partial charge on any atom is 0.310 e. The van der Waals surface area contributed by atoms with Gasteiger partial charge in [0.1, 0.15) is 17.8 Å². The molecule has 19 heavy (non-hydrogen) atoms. The Kier molecular flexibility index (Phi) is 4.35. The number of esters is 1. The van der Waals surface area contributed by atoms with Gasteiger partial charge in [-0.1, -0.05) is 5.92 Å². The van der Waals surface area contributed by atoms with Crippen LogP contribution in [0.5, 0.6) is 0 Å². The van der Waals surface area contributed by atoms with Crippen molar-refractivity contribution >= 4 is 11.8 Å². The molecule has 0 amide bonds. The van der Waals surface area contributed by atoms with E-state index in [2.05, 4.69) is 20.8 Å². The van der Waals surface area contributed by atoms with Crippen LogP contribution >= 0.6 is 0 Å². The minimum Gasteiger partial charge on any atom is -0.466 e. The quantitative estimate of drug-likeness (QED) is 0.604. The summed E-state index contributed by atoms with van der Waals surface area (Å²) in [5.74, 6) is 3.05. The molecular weight excluding hydrogens is 242 g/mol. The van der Waals surface area contributed by atoms with E-state index in [9.17, 15) is 4.79 Å². The van der Waals surface area contributed by atoms with Crippen LogP contribution in [0, 0.1) is 18.3 Å². The number of aromatic nitrogens is 2. The molecule has 5 heteroatoms. The summed E-state index contributed by atoms with van der Waals surface area (Å²) in [5, 5.41) is 0. The highest BCUT2D eigenvalue weighted by molar-refractivity contribution is 5.73. The first kappa shape index (κ1) is 13.3. The third-order valence-corrected chi connectivity index (χ3v) is 3.17. The Labute approximate surface area is 113 Å². The van der Waals surface area contributed by atoms with Crippen LogP contribution in [-0.2, 0) is 9.53 Å². The molecule has 0 aromatic carbocycles. The van der Waals surface area contributed by atoms with Crippen molar-refractivity contribution in [1.82, 2.24) is 9.97 Å². The zero-order valence-electron chi connectivity index (χ0n) is 11.0. The molecule has 0 N–H and O–H groups in total. The van der Waals surface area contributed by atoms with Crippen molar-refractivity contribution in [2.75, 3.05) is 24.6 Å². The van der Waals surface area contributed by atoms with E-state index in [0.29, 0.717) is 18.8 Å². The standard InChI is InChI=1S/C14H17N3O2/c1-3-12-8-13(16-10-15-12)17-7-5-6-11(9-17)14(18)19-4-2/h1,8,10-11H,4-7,9H2,2H3. The van der Waals surface area contributed by atoms with E-state index in [-0.39, 0.29) is 11.9 Å². The van der Waals surface area contributed by atoms with E-state index in [1.54, 1.807) is 6.07 Å². The first-order valence-electron chi connectivity index (χ1n) is 6.44. The van der Waals surface area contributed by atoms with E-state index in [0.717, 1.165) is 25.2 Å². The molecule has 0 aliphatic carbocycles. The van der Waals surface area contributed by atoms with Gasteiger partial charge in [0, 0.05) is 19.2 Å². The third-order valence-electron chi connectivity index (χ3n) is 3.17. The molecule has 0 saturated carbocycles. The zero-order valence-corrected chi connectivity index (χ0v) is 11.0. The zero-order chi connectivity index (χ0) is 13.7. The highest BCUT2D eigenvalue weighted by atomic mass is 16.5. The summed E-state index contributed by atoms with van der Waals surface area (Å²) in [4.78, 5) is 22.0. The monoisotopic (exact) mass is 259 g/mol. The Morgan fingerprint density at radius 2 is 2.47 bits per heavy atom. The summed E-state index contributed by atoms with van der Waals surface area (Å²) in [6.45, 7) is 3.74. The topological polar surface area (TPSA) is 55.3 Å². The van der Waals surface area contributed by atoms with Gasteiger partial charge in [-0.3, -0.25) is 4.79 Å². The molecule has 1 aliphatic heterocycles. The minimum absolute atomic E-state index is 0.0852. The number of nitrogens with zero attached hydrogens (tertiary/aromatic N) is 3. The van der Waals surface area contributed by atoms with Gasteiger partial charge in [0.15, 0.2) is 0 Å². The number of carbonyl (C=O) groups excluding carboxylic acids is 1. The molecule has 1 fully saturated rings. The van der Waals surface area contributed by atoms with Gasteiger partial charge < -0.3 is 9.64 Å². The Morgan fingerprint density at radius 1 is 1.63 bits per heavy atom. The van der Waals surface area contributed by atoms with Gasteiger partial charge >= 0.3 is 5.97 Å². The normalized spacial score (nSPS) is 18.7. The van der Waals surface area contributed by atoms with E-state index in [4.69, 9.17) is 11.2 Å². The average molecular weight is 259 g/mol. The molecule has 1 aliphatic rings. The molecule has 1 aromatic heterocycles. The van der Waals surface area contributed by atoms with Crippen LogP contribution in [0.15, 0.2) is 12.4 Å². The number of piperidine rings is 1. The fraction of sp³-hybridized carbons (Fsp3) is 0.500. The molecule has 1 unspecified atom stereocenters. The van der Waals surface area contributed by atoms with Crippen LogP contribution in [0.25, 0.3) is 0 Å². The minimum atomic E-state index is -0.126. The van der Waals surface area contributed by atoms with Crippen molar-refractivity contribution in [2.24, 2.45) is 5.92 Å². The lowest BCUT2D eigenvalue weighted by Gasteiger charge is -2.32. The van der Waals surface area contributed by atoms with E-state index in [1.165, 1.54) is 6.33 Å². The maximum absolute atomic E-state index is 11.8. The third kappa shape index (κ3) is 3.22. The van der Waals surface area contributed by atoms with E-state index < -0.39 is 0 Å². The largest absolute Gasteiger partial charge is 0.466 e. The molecule has 100 valence electrons. The maximum atomic E-state index is 11.8. The van der Waals surface area contributed by atoms with Gasteiger partial charge in [0.2, 0.25) is 0 Å². The van der Waals surface area contributed by atoms with Crippen molar-refractivity contribution < 1.29 is 9.53 Å². The summed E-state index contributed by atoms with van der Waals surface area (Å²) < 4.78 is 5.08. The molecule has 5 nitrogen and oxygen atoms in total. The van der Waals surface area contributed by atoms with Crippen LogP contribution in [0.4, 0.5) is 5.82 Å². The Balaban J connectivity index is 2.08. The molecule has 2 rings (SSSR count). The van der Waals surface area contributed by atoms with Crippen LogP contribution in [0.1, 0.15) is 25.5 Å². The molecule has 1 atom stereocenters. The number of terminal acetylenes is 1. The van der Waals surface area contributed by atoms with Gasteiger partial charge in [-0.2, -0.15) is 0 Å². The first-order valence-corrected chi connectivity index (χ1v) is 6.44. The van der Waals surface area contributed by atoms with Crippen LogP contribution in [0.2, 0.25) is 0 Å². The van der Waals surface area contributed by atoms with Crippen molar-refractivity contribution in [3.63, 3.8) is 0 Å². The molecule has 1 saturated heterocycles. The van der Waals surface area contributed by atoms with Crippen molar-refractivity contribution in [3.05, 3.63) is 18.1 Å². The van der Waals surface area contributed by atoms with Gasteiger partial charge in [-0.25, -0.2) is 9.97 Å². The highest BCUT2D eigenvalue weighted by Crippen LogP contribution is 2.22. The van der Waals surface area contributed by atoms with Crippen LogP contribution < -0.4 is 4.90 Å². The Bertz CT molecular complexity index is 496. The van der Waals surface area contributed by atoms with Crippen molar-refractivity contribution in [2.45, 2.75) is 19.8 Å². The summed E-state index contributed by atoms with van der Waals surface area (Å²) in [6, 6.07) is 1.77. The summed E-state index contributed by atoms with van der Waals surface area (Å²) >= 11 is 0. The lowest BCUT2D eigenvalue weighted by Crippen LogP contribution is -2.39. The fourth-order valence-electron chi connectivity index (χ4n) is 2.24. The van der Waals surface area contributed by atoms with E-state index in [1.807, 2.05) is 6.92 Å². The Morgan fingerprint density at radius 3 is 3.21 bits per heavy atom. The van der Waals surface area contributed by atoms with Gasteiger partial charge in [0.25, 0.3) is 0 Å². The van der Waals surface area contributed by atoms with Gasteiger partial charge in [-0.15, -0.1) is 6.42 Å². The molecule has 2 heterocycles. The number of anilines is 1. The molecular formula is C14H17N3O2. The second kappa shape index (κ2) is 6.19. The number of rotatable bonds is 3. The Hall–Kier alpha value is -2.09. The van der Waals surface area contributed by atoms with Gasteiger partial charge in [-0.05, 0) is 19.8 Å². The predicted octanol–water partition coefficient (Wildman–Crippen LogP) is 1.24. The first-order chi connectivity index (χ1) is 9.24. The lowest BCUT2D eigenvalue weighted by atomic mass is 9.98. The summed E-state index contributed by atoms with van der Waals surface area (Å²) in [6.07, 6.45) is 8.59. The second-order valence-corrected chi connectivity index (χ2v) is 4.44. The number of ether oxygens (including phenoxy) is 1. The highest BCUT2D eigenvalue weighted by Gasteiger charge is 2.27. The summed E-state index contributed by atoms with van der Waals surface area (Å²) in [7, 11) is 0. The van der Waals surface area contributed by atoms with Crippen LogP contribution in [-0.4, -0.2) is 35.6 Å². The molecule has 0 bridgehead atoms. The smallest absolute Gasteiger partial charge is 0.310 e. The second-order valence-electron chi connectivity index (χ2n) is 4.44. The SMILES string of the molecule is C#Cc1cc(N2CCCC(C(=O)OCC)C2)ncn1. The predicted molar refractivity (Wildman–Crippen MR) is 71.5 cm³/mol. The summed E-state index contributed by atoms with van der Waals surface area (Å²) in [5.41, 5.74) is 0.559. The molecule has 1 aromatic rings. The average Bonchev–Trinajstić information content (AvgIpc) is 2.48. The van der Waals surface area contributed by atoms with Crippen molar-refractivity contribution in [1.29, 1.82) is 0 Å². The van der Waals surface area contributed by atoms with Crippen molar-refractivity contribution in [3.8, 4) is 12.3 Å². The molecule has 0 spiro atoms. The lowest BCUT2D eigenvalue weighted by molar-refractivity contribution is -0.148. The fourth-order valence-corrected chi connectivity index (χ4v) is 2.24. The van der Waals surface area contributed by atoms with Crippen LogP contribution in [0.3, 0.4) is 0 Å². The number of hydrogen-bond donors (Lipinski definition) is 0. The number of carbonyl (C=O) groups is 1. The van der Waals surface area contributed by atoms with E-state index >= 15 is 0 Å². The number of hydrogen-bond acceptors (Lipinski definition) is 5.